The first-order valence-corrected chi connectivity index (χ1v) is 8.38. The fourth-order valence-electron chi connectivity index (χ4n) is 3.31. The zero-order chi connectivity index (χ0) is 16.2. The molecule has 1 amide bonds. The molecule has 3 rings (SSSR count). The summed E-state index contributed by atoms with van der Waals surface area (Å²) in [5, 5.41) is 0. The summed E-state index contributed by atoms with van der Waals surface area (Å²) >= 11 is 0. The summed E-state index contributed by atoms with van der Waals surface area (Å²) in [7, 11) is 0. The summed E-state index contributed by atoms with van der Waals surface area (Å²) in [4.78, 5) is 15.1. The number of hydrogen-bond acceptors (Lipinski definition) is 2. The smallest absolute Gasteiger partial charge is 0.236 e. The van der Waals surface area contributed by atoms with Crippen LogP contribution in [0.3, 0.4) is 0 Å². The molecule has 120 valence electrons. The third-order valence-electron chi connectivity index (χ3n) is 4.66. The van der Waals surface area contributed by atoms with Gasteiger partial charge in [-0.3, -0.25) is 9.69 Å². The zero-order valence-electron chi connectivity index (χ0n) is 13.6. The van der Waals surface area contributed by atoms with Crippen molar-refractivity contribution in [2.24, 2.45) is 11.7 Å². The molecule has 1 saturated carbocycles. The Kier molecular flexibility index (Phi) is 4.77. The van der Waals surface area contributed by atoms with E-state index in [1.54, 1.807) is 0 Å². The quantitative estimate of drug-likeness (QED) is 0.924. The molecule has 3 heteroatoms. The lowest BCUT2D eigenvalue weighted by Crippen LogP contribution is -2.44. The summed E-state index contributed by atoms with van der Waals surface area (Å²) in [6, 6.07) is 17.9. The molecule has 0 saturated heterocycles. The Labute approximate surface area is 138 Å². The largest absolute Gasteiger partial charge is 0.327 e. The van der Waals surface area contributed by atoms with E-state index in [9.17, 15) is 4.79 Å². The molecule has 2 N–H and O–H groups in total. The van der Waals surface area contributed by atoms with Crippen molar-refractivity contribution >= 4 is 17.3 Å². The Hall–Kier alpha value is -2.13. The average molecular weight is 308 g/mol. The van der Waals surface area contributed by atoms with Crippen LogP contribution >= 0.6 is 0 Å². The lowest BCUT2D eigenvalue weighted by atomic mass is 9.84. The minimum atomic E-state index is -0.0924. The van der Waals surface area contributed by atoms with Crippen molar-refractivity contribution in [3.8, 4) is 0 Å². The minimum absolute atomic E-state index is 0.0343. The monoisotopic (exact) mass is 308 g/mol. The first kappa shape index (κ1) is 15.8. The molecule has 0 heterocycles. The van der Waals surface area contributed by atoms with Crippen molar-refractivity contribution in [3.63, 3.8) is 0 Å². The molecule has 1 aliphatic carbocycles. The number of hydrogen-bond donors (Lipinski definition) is 1. The van der Waals surface area contributed by atoms with Gasteiger partial charge in [-0.2, -0.15) is 0 Å². The van der Waals surface area contributed by atoms with Gasteiger partial charge in [-0.25, -0.2) is 0 Å². The van der Waals surface area contributed by atoms with Crippen LogP contribution in [0, 0.1) is 12.8 Å². The van der Waals surface area contributed by atoms with E-state index in [2.05, 4.69) is 6.92 Å². The van der Waals surface area contributed by atoms with Crippen molar-refractivity contribution in [1.82, 2.24) is 0 Å². The van der Waals surface area contributed by atoms with Crippen molar-refractivity contribution in [3.05, 3.63) is 60.2 Å². The van der Waals surface area contributed by atoms with E-state index < -0.39 is 0 Å². The first-order valence-electron chi connectivity index (χ1n) is 8.38. The Balaban J connectivity index is 1.98. The van der Waals surface area contributed by atoms with Gasteiger partial charge in [0.2, 0.25) is 5.91 Å². The van der Waals surface area contributed by atoms with Crippen LogP contribution in [0.4, 0.5) is 11.4 Å². The minimum Gasteiger partial charge on any atom is -0.327 e. The highest BCUT2D eigenvalue weighted by atomic mass is 16.2. The molecule has 2 aromatic carbocycles. The van der Waals surface area contributed by atoms with Crippen molar-refractivity contribution in [1.29, 1.82) is 0 Å². The molecule has 1 aliphatic rings. The van der Waals surface area contributed by atoms with Crippen LogP contribution in [-0.2, 0) is 4.79 Å². The Morgan fingerprint density at radius 1 is 0.957 bits per heavy atom. The van der Waals surface area contributed by atoms with Crippen LogP contribution in [0.5, 0.6) is 0 Å². The predicted octanol–water partition coefficient (Wildman–Crippen LogP) is 4.18. The maximum Gasteiger partial charge on any atom is 0.236 e. The van der Waals surface area contributed by atoms with E-state index in [4.69, 9.17) is 5.73 Å². The number of carbonyl (C=O) groups is 1. The van der Waals surface area contributed by atoms with Gasteiger partial charge in [-0.15, -0.1) is 0 Å². The fourth-order valence-corrected chi connectivity index (χ4v) is 3.31. The summed E-state index contributed by atoms with van der Waals surface area (Å²) in [5.41, 5.74) is 9.24. The molecular formula is C20H24N2O. The summed E-state index contributed by atoms with van der Waals surface area (Å²) in [6.07, 6.45) is 4.03. The maximum absolute atomic E-state index is 13.2. The third kappa shape index (κ3) is 3.45. The Morgan fingerprint density at radius 3 is 2.22 bits per heavy atom. The van der Waals surface area contributed by atoms with Gasteiger partial charge in [-0.05, 0) is 44.0 Å². The van der Waals surface area contributed by atoms with E-state index in [1.165, 1.54) is 5.56 Å². The lowest BCUT2D eigenvalue weighted by molar-refractivity contribution is -0.123. The van der Waals surface area contributed by atoms with Gasteiger partial charge in [0.25, 0.3) is 0 Å². The molecule has 1 fully saturated rings. The Morgan fingerprint density at radius 2 is 1.57 bits per heavy atom. The summed E-state index contributed by atoms with van der Waals surface area (Å²) in [6.45, 7) is 2.05. The van der Waals surface area contributed by atoms with Gasteiger partial charge < -0.3 is 5.73 Å². The van der Waals surface area contributed by atoms with E-state index in [-0.39, 0.29) is 17.9 Å². The first-order chi connectivity index (χ1) is 11.2. The molecule has 23 heavy (non-hydrogen) atoms. The van der Waals surface area contributed by atoms with E-state index in [1.807, 2.05) is 59.5 Å². The highest BCUT2D eigenvalue weighted by Crippen LogP contribution is 2.32. The normalized spacial score (nSPS) is 21.0. The summed E-state index contributed by atoms with van der Waals surface area (Å²) < 4.78 is 0. The molecule has 0 bridgehead atoms. The van der Waals surface area contributed by atoms with Gasteiger partial charge in [0.1, 0.15) is 0 Å². The Bertz CT molecular complexity index is 651. The number of para-hydroxylation sites is 1. The van der Waals surface area contributed by atoms with Crippen LogP contribution in [0.2, 0.25) is 0 Å². The number of rotatable bonds is 3. The maximum atomic E-state index is 13.2. The van der Waals surface area contributed by atoms with Gasteiger partial charge in [0.05, 0.1) is 5.92 Å². The third-order valence-corrected chi connectivity index (χ3v) is 4.66. The van der Waals surface area contributed by atoms with Crippen LogP contribution in [-0.4, -0.2) is 11.9 Å². The molecular weight excluding hydrogens is 284 g/mol. The number of nitrogens with two attached hydrogens (primary N) is 1. The second-order valence-corrected chi connectivity index (χ2v) is 6.40. The van der Waals surface area contributed by atoms with Crippen molar-refractivity contribution < 1.29 is 4.79 Å². The molecule has 0 unspecified atom stereocenters. The second kappa shape index (κ2) is 6.97. The molecule has 0 aliphatic heterocycles. The number of benzene rings is 2. The van der Waals surface area contributed by atoms with E-state index >= 15 is 0 Å². The van der Waals surface area contributed by atoms with Crippen LogP contribution in [0.15, 0.2) is 54.6 Å². The van der Waals surface area contributed by atoms with Gasteiger partial charge >= 0.3 is 0 Å². The SMILES string of the molecule is Cc1ccc(N(C(=O)[C@@H]2CCCC[C@@H]2N)c2ccccc2)cc1. The number of carbonyl (C=O) groups excluding carboxylic acids is 1. The molecule has 3 nitrogen and oxygen atoms in total. The van der Waals surface area contributed by atoms with Crippen LogP contribution < -0.4 is 10.6 Å². The van der Waals surface area contributed by atoms with Crippen LogP contribution in [0.1, 0.15) is 31.2 Å². The predicted molar refractivity (Wildman–Crippen MR) is 94.7 cm³/mol. The zero-order valence-corrected chi connectivity index (χ0v) is 13.6. The second-order valence-electron chi connectivity index (χ2n) is 6.40. The standard InChI is InChI=1S/C20H24N2O/c1-15-11-13-17(14-12-15)22(16-7-3-2-4-8-16)20(23)18-9-5-6-10-19(18)21/h2-4,7-8,11-14,18-19H,5-6,9-10,21H2,1H3/t18-,19+/m1/s1. The van der Waals surface area contributed by atoms with Crippen LogP contribution in [0.25, 0.3) is 0 Å². The average Bonchev–Trinajstić information content (AvgIpc) is 2.58. The fraction of sp³-hybridized carbons (Fsp3) is 0.350. The number of nitrogens with zero attached hydrogens (tertiary/aromatic N) is 1. The molecule has 0 radical (unpaired) electrons. The molecule has 2 aromatic rings. The number of aryl methyl sites for hydroxylation is 1. The highest BCUT2D eigenvalue weighted by Gasteiger charge is 2.32. The van der Waals surface area contributed by atoms with Crippen molar-refractivity contribution in [2.45, 2.75) is 38.6 Å². The lowest BCUT2D eigenvalue weighted by Gasteiger charge is -2.33. The topological polar surface area (TPSA) is 46.3 Å². The van der Waals surface area contributed by atoms with E-state index in [0.717, 1.165) is 37.1 Å². The number of anilines is 2. The summed E-state index contributed by atoms with van der Waals surface area (Å²) in [5.74, 6) is 0.0255. The van der Waals surface area contributed by atoms with Gasteiger partial charge in [0.15, 0.2) is 0 Å². The molecule has 2 atom stereocenters. The number of amides is 1. The molecule has 0 spiro atoms. The molecule has 0 aromatic heterocycles. The van der Waals surface area contributed by atoms with Gasteiger partial charge in [-0.1, -0.05) is 48.7 Å². The van der Waals surface area contributed by atoms with E-state index in [0.29, 0.717) is 0 Å². The van der Waals surface area contributed by atoms with Gasteiger partial charge in [0, 0.05) is 17.4 Å². The van der Waals surface area contributed by atoms with Crippen molar-refractivity contribution in [2.75, 3.05) is 4.90 Å². The highest BCUT2D eigenvalue weighted by molar-refractivity contribution is 6.02.